The third kappa shape index (κ3) is 5.06. The minimum Gasteiger partial charge on any atom is -0.368 e. The van der Waals surface area contributed by atoms with E-state index in [0.717, 1.165) is 13.1 Å². The van der Waals surface area contributed by atoms with Crippen LogP contribution in [0.1, 0.15) is 15.9 Å². The Hall–Kier alpha value is -3.03. The lowest BCUT2D eigenvalue weighted by atomic mass is 10.1. The van der Waals surface area contributed by atoms with E-state index in [1.165, 1.54) is 23.4 Å². The first-order chi connectivity index (χ1) is 15.3. The van der Waals surface area contributed by atoms with E-state index >= 15 is 0 Å². The van der Waals surface area contributed by atoms with Crippen LogP contribution in [0, 0.1) is 6.92 Å². The molecule has 0 saturated carbocycles. The number of benzene rings is 3. The van der Waals surface area contributed by atoms with Gasteiger partial charge in [0.15, 0.2) is 0 Å². The molecular formula is C24H24ClN3O3S. The monoisotopic (exact) mass is 469 g/mol. The summed E-state index contributed by atoms with van der Waals surface area (Å²) in [4.78, 5) is 17.1. The Labute approximate surface area is 193 Å². The SMILES string of the molecule is Cc1cccc(N2CCN(C(=O)c3ccc(S(=O)(=O)Nc4ccc(Cl)cc4)cc3)CC2)c1. The fourth-order valence-corrected chi connectivity index (χ4v) is 4.87. The fraction of sp³-hybridized carbons (Fsp3) is 0.208. The highest BCUT2D eigenvalue weighted by Crippen LogP contribution is 2.21. The van der Waals surface area contributed by atoms with Gasteiger partial charge in [-0.1, -0.05) is 23.7 Å². The highest BCUT2D eigenvalue weighted by molar-refractivity contribution is 7.92. The maximum Gasteiger partial charge on any atom is 0.261 e. The predicted octanol–water partition coefficient (Wildman–Crippen LogP) is 4.41. The van der Waals surface area contributed by atoms with Gasteiger partial charge in [-0.3, -0.25) is 9.52 Å². The minimum absolute atomic E-state index is 0.0910. The molecule has 1 amide bonds. The molecule has 3 aromatic rings. The molecule has 0 radical (unpaired) electrons. The lowest BCUT2D eigenvalue weighted by molar-refractivity contribution is 0.0746. The predicted molar refractivity (Wildman–Crippen MR) is 128 cm³/mol. The summed E-state index contributed by atoms with van der Waals surface area (Å²) in [5.74, 6) is -0.0940. The molecule has 0 spiro atoms. The summed E-state index contributed by atoms with van der Waals surface area (Å²) in [5.41, 5.74) is 3.27. The molecule has 0 unspecified atom stereocenters. The standard InChI is InChI=1S/C24H24ClN3O3S/c1-18-3-2-4-22(17-18)27-13-15-28(16-14-27)24(29)19-5-11-23(12-6-19)32(30,31)26-21-9-7-20(25)8-10-21/h2-12,17,26H,13-16H2,1H3. The smallest absolute Gasteiger partial charge is 0.261 e. The number of hydrogen-bond donors (Lipinski definition) is 1. The fourth-order valence-electron chi connectivity index (χ4n) is 3.68. The second-order valence-corrected chi connectivity index (χ2v) is 9.87. The molecule has 1 saturated heterocycles. The van der Waals surface area contributed by atoms with E-state index in [-0.39, 0.29) is 10.8 Å². The molecule has 8 heteroatoms. The normalized spacial score (nSPS) is 14.3. The number of carbonyl (C=O) groups is 1. The summed E-state index contributed by atoms with van der Waals surface area (Å²) in [6.07, 6.45) is 0. The van der Waals surface area contributed by atoms with E-state index < -0.39 is 10.0 Å². The van der Waals surface area contributed by atoms with Crippen molar-refractivity contribution in [3.63, 3.8) is 0 Å². The number of rotatable bonds is 5. The van der Waals surface area contributed by atoms with Crippen molar-refractivity contribution in [1.29, 1.82) is 0 Å². The highest BCUT2D eigenvalue weighted by Gasteiger charge is 2.23. The number of piperazine rings is 1. The van der Waals surface area contributed by atoms with E-state index in [1.807, 2.05) is 11.0 Å². The van der Waals surface area contributed by atoms with Gasteiger partial charge in [-0.2, -0.15) is 0 Å². The molecule has 1 fully saturated rings. The van der Waals surface area contributed by atoms with Crippen LogP contribution in [0.4, 0.5) is 11.4 Å². The number of amides is 1. The average Bonchev–Trinajstić information content (AvgIpc) is 2.80. The molecular weight excluding hydrogens is 446 g/mol. The topological polar surface area (TPSA) is 69.7 Å². The van der Waals surface area contributed by atoms with Gasteiger partial charge < -0.3 is 9.80 Å². The zero-order valence-electron chi connectivity index (χ0n) is 17.7. The summed E-state index contributed by atoms with van der Waals surface area (Å²) in [7, 11) is -3.76. The summed E-state index contributed by atoms with van der Waals surface area (Å²) in [6, 6.07) is 20.8. The van der Waals surface area contributed by atoms with Crippen molar-refractivity contribution < 1.29 is 13.2 Å². The van der Waals surface area contributed by atoms with E-state index in [0.29, 0.717) is 29.4 Å². The molecule has 6 nitrogen and oxygen atoms in total. The van der Waals surface area contributed by atoms with Gasteiger partial charge in [0, 0.05) is 48.1 Å². The summed E-state index contributed by atoms with van der Waals surface area (Å²) in [6.45, 7) is 4.81. The number of halogens is 1. The second-order valence-electron chi connectivity index (χ2n) is 7.76. The van der Waals surface area contributed by atoms with Gasteiger partial charge in [0.05, 0.1) is 4.90 Å². The largest absolute Gasteiger partial charge is 0.368 e. The van der Waals surface area contributed by atoms with Crippen LogP contribution in [0.3, 0.4) is 0 Å². The molecule has 4 rings (SSSR count). The molecule has 3 aromatic carbocycles. The van der Waals surface area contributed by atoms with Crippen LogP contribution in [-0.4, -0.2) is 45.4 Å². The Balaban J connectivity index is 1.39. The van der Waals surface area contributed by atoms with Gasteiger partial charge in [-0.15, -0.1) is 0 Å². The zero-order chi connectivity index (χ0) is 22.7. The molecule has 32 heavy (non-hydrogen) atoms. The number of nitrogens with one attached hydrogen (secondary N) is 1. The van der Waals surface area contributed by atoms with Crippen molar-refractivity contribution >= 4 is 38.9 Å². The molecule has 0 aromatic heterocycles. The van der Waals surface area contributed by atoms with Gasteiger partial charge in [0.25, 0.3) is 15.9 Å². The Bertz CT molecular complexity index is 1200. The van der Waals surface area contributed by atoms with E-state index in [1.54, 1.807) is 36.4 Å². The van der Waals surface area contributed by atoms with Crippen LogP contribution in [0.5, 0.6) is 0 Å². The van der Waals surface area contributed by atoms with Crippen molar-refractivity contribution in [3.05, 3.63) is 88.9 Å². The number of hydrogen-bond acceptors (Lipinski definition) is 4. The van der Waals surface area contributed by atoms with Crippen LogP contribution in [0.15, 0.2) is 77.7 Å². The molecule has 1 aliphatic rings. The average molecular weight is 470 g/mol. The van der Waals surface area contributed by atoms with Crippen molar-refractivity contribution in [3.8, 4) is 0 Å². The van der Waals surface area contributed by atoms with Gasteiger partial charge in [0.2, 0.25) is 0 Å². The Morgan fingerprint density at radius 1 is 0.906 bits per heavy atom. The maximum atomic E-state index is 12.9. The summed E-state index contributed by atoms with van der Waals surface area (Å²) < 4.78 is 27.7. The molecule has 0 bridgehead atoms. The van der Waals surface area contributed by atoms with Crippen molar-refractivity contribution in [2.45, 2.75) is 11.8 Å². The van der Waals surface area contributed by atoms with Crippen LogP contribution >= 0.6 is 11.6 Å². The van der Waals surface area contributed by atoms with E-state index in [2.05, 4.69) is 34.7 Å². The summed E-state index contributed by atoms with van der Waals surface area (Å²) in [5, 5.41) is 0.524. The van der Waals surface area contributed by atoms with E-state index in [9.17, 15) is 13.2 Å². The number of anilines is 2. The second kappa shape index (κ2) is 9.22. The molecule has 166 valence electrons. The van der Waals surface area contributed by atoms with Gasteiger partial charge in [0.1, 0.15) is 0 Å². The molecule has 1 N–H and O–H groups in total. The van der Waals surface area contributed by atoms with Crippen molar-refractivity contribution in [1.82, 2.24) is 4.90 Å². The lowest BCUT2D eigenvalue weighted by Gasteiger charge is -2.36. The molecule has 1 aliphatic heterocycles. The van der Waals surface area contributed by atoms with Gasteiger partial charge in [-0.25, -0.2) is 8.42 Å². The number of carbonyl (C=O) groups excluding carboxylic acids is 1. The van der Waals surface area contributed by atoms with E-state index in [4.69, 9.17) is 11.6 Å². The maximum absolute atomic E-state index is 12.9. The van der Waals surface area contributed by atoms with Crippen LogP contribution in [0.2, 0.25) is 5.02 Å². The van der Waals surface area contributed by atoms with Gasteiger partial charge >= 0.3 is 0 Å². The van der Waals surface area contributed by atoms with Crippen LogP contribution in [-0.2, 0) is 10.0 Å². The van der Waals surface area contributed by atoms with Crippen LogP contribution < -0.4 is 9.62 Å². The van der Waals surface area contributed by atoms with Gasteiger partial charge in [-0.05, 0) is 73.2 Å². The highest BCUT2D eigenvalue weighted by atomic mass is 35.5. The molecule has 0 aliphatic carbocycles. The Kier molecular flexibility index (Phi) is 6.39. The number of nitrogens with zero attached hydrogens (tertiary/aromatic N) is 2. The lowest BCUT2D eigenvalue weighted by Crippen LogP contribution is -2.48. The van der Waals surface area contributed by atoms with Crippen molar-refractivity contribution in [2.75, 3.05) is 35.8 Å². The van der Waals surface area contributed by atoms with Crippen molar-refractivity contribution in [2.24, 2.45) is 0 Å². The third-order valence-electron chi connectivity index (χ3n) is 5.44. The first-order valence-corrected chi connectivity index (χ1v) is 12.2. The first-order valence-electron chi connectivity index (χ1n) is 10.3. The Morgan fingerprint density at radius 2 is 1.56 bits per heavy atom. The molecule has 0 atom stereocenters. The quantitative estimate of drug-likeness (QED) is 0.600. The summed E-state index contributed by atoms with van der Waals surface area (Å²) >= 11 is 5.84. The minimum atomic E-state index is -3.76. The number of aryl methyl sites for hydroxylation is 1. The molecule has 1 heterocycles. The third-order valence-corrected chi connectivity index (χ3v) is 7.09. The van der Waals surface area contributed by atoms with Crippen LogP contribution in [0.25, 0.3) is 0 Å². The number of sulfonamides is 1. The Morgan fingerprint density at radius 3 is 2.19 bits per heavy atom. The zero-order valence-corrected chi connectivity index (χ0v) is 19.2. The first kappa shape index (κ1) is 22.2.